The number of nitrogens with zero attached hydrogens (tertiary/aromatic N) is 4. The van der Waals surface area contributed by atoms with Crippen molar-refractivity contribution in [3.05, 3.63) is 77.9 Å². The van der Waals surface area contributed by atoms with Crippen molar-refractivity contribution in [1.82, 2.24) is 19.7 Å². The van der Waals surface area contributed by atoms with Gasteiger partial charge in [0.25, 0.3) is 0 Å². The molecule has 0 saturated heterocycles. The minimum absolute atomic E-state index is 0.339. The summed E-state index contributed by atoms with van der Waals surface area (Å²) in [4.78, 5) is 4.99. The molecule has 172 valence electrons. The zero-order chi connectivity index (χ0) is 23.5. The van der Waals surface area contributed by atoms with Gasteiger partial charge in [-0.05, 0) is 37.0 Å². The van der Waals surface area contributed by atoms with Gasteiger partial charge >= 0.3 is 0 Å². The highest BCUT2D eigenvalue weighted by Gasteiger charge is 2.49. The first kappa shape index (κ1) is 21.0. The number of hydrogen-bond acceptors (Lipinski definition) is 6. The number of rotatable bonds is 4. The molecule has 7 nitrogen and oxygen atoms in total. The SMILES string of the molecule is CCc1nnc2n1-c1cc(-c3ccccc3)c(-c3ccc([C@]4(N)C[C@@](C)(O)C4)cc3)nc1OC2. The number of aliphatic hydroxyl groups is 1. The summed E-state index contributed by atoms with van der Waals surface area (Å²) in [5, 5.41) is 18.8. The lowest BCUT2D eigenvalue weighted by Crippen LogP contribution is -2.58. The van der Waals surface area contributed by atoms with Gasteiger partial charge in [-0.2, -0.15) is 0 Å². The molecule has 2 aliphatic rings. The van der Waals surface area contributed by atoms with Crippen LogP contribution in [-0.2, 0) is 18.6 Å². The van der Waals surface area contributed by atoms with E-state index < -0.39 is 11.1 Å². The Labute approximate surface area is 198 Å². The van der Waals surface area contributed by atoms with Crippen molar-refractivity contribution in [3.63, 3.8) is 0 Å². The minimum atomic E-state index is -0.691. The Morgan fingerprint density at radius 2 is 1.76 bits per heavy atom. The van der Waals surface area contributed by atoms with E-state index in [4.69, 9.17) is 15.5 Å². The van der Waals surface area contributed by atoms with E-state index >= 15 is 0 Å². The molecule has 0 unspecified atom stereocenters. The van der Waals surface area contributed by atoms with Crippen molar-refractivity contribution in [3.8, 4) is 34.0 Å². The van der Waals surface area contributed by atoms with E-state index in [1.165, 1.54) is 0 Å². The van der Waals surface area contributed by atoms with Crippen LogP contribution in [0.3, 0.4) is 0 Å². The van der Waals surface area contributed by atoms with E-state index in [2.05, 4.69) is 64.2 Å². The summed E-state index contributed by atoms with van der Waals surface area (Å²) in [5.74, 6) is 2.25. The van der Waals surface area contributed by atoms with Crippen LogP contribution in [0.25, 0.3) is 28.1 Å². The topological polar surface area (TPSA) is 99.1 Å². The van der Waals surface area contributed by atoms with E-state index in [1.807, 2.05) is 25.1 Å². The fourth-order valence-corrected chi connectivity index (χ4v) is 5.37. The summed E-state index contributed by atoms with van der Waals surface area (Å²) >= 11 is 0. The van der Waals surface area contributed by atoms with E-state index in [0.29, 0.717) is 25.3 Å². The Hall–Kier alpha value is -3.55. The van der Waals surface area contributed by atoms with Crippen molar-refractivity contribution in [2.45, 2.75) is 50.9 Å². The number of nitrogens with two attached hydrogens (primary N) is 1. The number of ether oxygens (including phenoxy) is 1. The van der Waals surface area contributed by atoms with Crippen LogP contribution < -0.4 is 10.5 Å². The Morgan fingerprint density at radius 1 is 1.03 bits per heavy atom. The van der Waals surface area contributed by atoms with E-state index in [9.17, 15) is 5.11 Å². The first-order chi connectivity index (χ1) is 16.4. The predicted octanol–water partition coefficient (Wildman–Crippen LogP) is 4.15. The summed E-state index contributed by atoms with van der Waals surface area (Å²) in [6.07, 6.45) is 1.88. The molecule has 1 saturated carbocycles. The first-order valence-electron chi connectivity index (χ1n) is 11.7. The van der Waals surface area contributed by atoms with Crippen molar-refractivity contribution in [2.75, 3.05) is 0 Å². The largest absolute Gasteiger partial charge is 0.468 e. The van der Waals surface area contributed by atoms with Gasteiger partial charge in [0.15, 0.2) is 12.4 Å². The van der Waals surface area contributed by atoms with Gasteiger partial charge in [0.05, 0.1) is 11.3 Å². The highest BCUT2D eigenvalue weighted by atomic mass is 16.5. The average Bonchev–Trinajstić information content (AvgIpc) is 3.26. The first-order valence-corrected chi connectivity index (χ1v) is 11.7. The number of benzene rings is 2. The number of hydrogen-bond donors (Lipinski definition) is 2. The van der Waals surface area contributed by atoms with E-state index in [0.717, 1.165) is 51.7 Å². The summed E-state index contributed by atoms with van der Waals surface area (Å²) in [6.45, 7) is 4.24. The van der Waals surface area contributed by atoms with Crippen LogP contribution in [0.2, 0.25) is 0 Å². The molecule has 4 aromatic rings. The second-order valence-corrected chi connectivity index (χ2v) is 9.67. The molecule has 6 rings (SSSR count). The number of pyridine rings is 1. The Morgan fingerprint density at radius 3 is 2.44 bits per heavy atom. The molecule has 0 atom stereocenters. The zero-order valence-electron chi connectivity index (χ0n) is 19.3. The maximum atomic E-state index is 10.2. The van der Waals surface area contributed by atoms with Crippen LogP contribution >= 0.6 is 0 Å². The number of aryl methyl sites for hydroxylation is 1. The molecule has 0 radical (unpaired) electrons. The maximum absolute atomic E-state index is 10.2. The van der Waals surface area contributed by atoms with Gasteiger partial charge < -0.3 is 15.6 Å². The van der Waals surface area contributed by atoms with Crippen molar-refractivity contribution in [2.24, 2.45) is 5.73 Å². The fraction of sp³-hybridized carbons (Fsp3) is 0.296. The van der Waals surface area contributed by atoms with Crippen LogP contribution in [0, 0.1) is 0 Å². The van der Waals surface area contributed by atoms with E-state index in [-0.39, 0.29) is 0 Å². The molecule has 2 aromatic carbocycles. The molecule has 1 aliphatic heterocycles. The second-order valence-electron chi connectivity index (χ2n) is 9.67. The third kappa shape index (κ3) is 3.31. The molecular weight excluding hydrogens is 426 g/mol. The number of aromatic nitrogens is 4. The molecule has 2 aromatic heterocycles. The highest BCUT2D eigenvalue weighted by Crippen LogP contribution is 2.46. The lowest BCUT2D eigenvalue weighted by atomic mass is 9.63. The van der Waals surface area contributed by atoms with Gasteiger partial charge in [0.1, 0.15) is 11.5 Å². The molecule has 3 N–H and O–H groups in total. The molecule has 3 heterocycles. The van der Waals surface area contributed by atoms with Crippen LogP contribution in [0.15, 0.2) is 60.7 Å². The fourth-order valence-electron chi connectivity index (χ4n) is 5.37. The molecule has 0 bridgehead atoms. The van der Waals surface area contributed by atoms with E-state index in [1.54, 1.807) is 0 Å². The van der Waals surface area contributed by atoms with Crippen LogP contribution in [-0.4, -0.2) is 30.5 Å². The summed E-state index contributed by atoms with van der Waals surface area (Å²) in [5.41, 5.74) is 11.2. The summed E-state index contributed by atoms with van der Waals surface area (Å²) in [7, 11) is 0. The predicted molar refractivity (Wildman–Crippen MR) is 129 cm³/mol. The second kappa shape index (κ2) is 7.48. The molecule has 1 aliphatic carbocycles. The normalized spacial score (nSPS) is 22.9. The molecule has 0 amide bonds. The minimum Gasteiger partial charge on any atom is -0.468 e. The van der Waals surface area contributed by atoms with Gasteiger partial charge in [-0.15, -0.1) is 10.2 Å². The van der Waals surface area contributed by atoms with Gasteiger partial charge in [0, 0.05) is 23.1 Å². The summed E-state index contributed by atoms with van der Waals surface area (Å²) < 4.78 is 8.07. The zero-order valence-corrected chi connectivity index (χ0v) is 19.3. The molecule has 7 heteroatoms. The summed E-state index contributed by atoms with van der Waals surface area (Å²) in [6, 6.07) is 20.6. The van der Waals surface area contributed by atoms with Gasteiger partial charge in [-0.3, -0.25) is 4.57 Å². The standard InChI is InChI=1S/C27H27N5O2/c1-3-22-30-31-23-14-34-25-21(32(22)23)13-20(17-7-5-4-6-8-17)24(29-25)18-9-11-19(12-10-18)27(28)15-26(2,33)16-27/h4-13,33H,3,14-16,28H2,1-2H3/t26-,27+. The quantitative estimate of drug-likeness (QED) is 0.482. The Kier molecular flexibility index (Phi) is 4.62. The molecule has 34 heavy (non-hydrogen) atoms. The van der Waals surface area contributed by atoms with Crippen LogP contribution in [0.4, 0.5) is 0 Å². The number of fused-ring (bicyclic) bond motifs is 3. The molecular formula is C27H27N5O2. The third-order valence-corrected chi connectivity index (χ3v) is 6.87. The van der Waals surface area contributed by atoms with Gasteiger partial charge in [-0.1, -0.05) is 61.5 Å². The Balaban J connectivity index is 1.48. The third-order valence-electron chi connectivity index (χ3n) is 6.87. The van der Waals surface area contributed by atoms with Crippen LogP contribution in [0.1, 0.15) is 43.9 Å². The molecule has 0 spiro atoms. The smallest absolute Gasteiger partial charge is 0.239 e. The maximum Gasteiger partial charge on any atom is 0.239 e. The highest BCUT2D eigenvalue weighted by molar-refractivity contribution is 5.83. The average molecular weight is 454 g/mol. The molecule has 1 fully saturated rings. The van der Waals surface area contributed by atoms with Crippen molar-refractivity contribution in [1.29, 1.82) is 0 Å². The van der Waals surface area contributed by atoms with Crippen LogP contribution in [0.5, 0.6) is 5.88 Å². The monoisotopic (exact) mass is 453 g/mol. The van der Waals surface area contributed by atoms with Gasteiger partial charge in [0.2, 0.25) is 5.88 Å². The van der Waals surface area contributed by atoms with Gasteiger partial charge in [-0.25, -0.2) is 4.98 Å². The Bertz CT molecular complexity index is 1350. The van der Waals surface area contributed by atoms with Crippen molar-refractivity contribution < 1.29 is 9.84 Å². The lowest BCUT2D eigenvalue weighted by molar-refractivity contribution is -0.0738. The lowest BCUT2D eigenvalue weighted by Gasteiger charge is -2.49. The van der Waals surface area contributed by atoms with Crippen molar-refractivity contribution >= 4 is 0 Å².